The largest absolute Gasteiger partial charge is 0.497 e. The van der Waals surface area contributed by atoms with Gasteiger partial charge in [-0.25, -0.2) is 0 Å². The Morgan fingerprint density at radius 3 is 2.56 bits per heavy atom. The number of nitrogens with one attached hydrogen (secondary N) is 2. The quantitative estimate of drug-likeness (QED) is 0.670. The molecule has 1 aromatic carbocycles. The van der Waals surface area contributed by atoms with Gasteiger partial charge in [-0.15, -0.1) is 0 Å². The number of methoxy groups -OCH3 is 2. The van der Waals surface area contributed by atoms with Crippen LogP contribution in [0.4, 0.5) is 11.4 Å². The summed E-state index contributed by atoms with van der Waals surface area (Å²) >= 11 is 0. The Kier molecular flexibility index (Phi) is 5.84. The average Bonchev–Trinajstić information content (AvgIpc) is 2.73. The number of carbonyl (C=O) groups excluding carboxylic acids is 1. The molecule has 0 fully saturated rings. The number of ether oxygens (including phenoxy) is 2. The van der Waals surface area contributed by atoms with Crippen LogP contribution in [0.1, 0.15) is 15.9 Å². The topological polar surface area (TPSA) is 85.4 Å². The van der Waals surface area contributed by atoms with E-state index in [1.54, 1.807) is 44.9 Å². The van der Waals surface area contributed by atoms with Crippen molar-refractivity contribution in [1.29, 1.82) is 0 Å². The highest BCUT2D eigenvalue weighted by molar-refractivity contribution is 5.94. The van der Waals surface area contributed by atoms with Crippen molar-refractivity contribution in [1.82, 2.24) is 15.3 Å². The second kappa shape index (κ2) is 8.66. The van der Waals surface area contributed by atoms with Gasteiger partial charge < -0.3 is 20.1 Å². The van der Waals surface area contributed by atoms with E-state index in [2.05, 4.69) is 20.6 Å². The fourth-order valence-corrected chi connectivity index (χ4v) is 2.47. The minimum atomic E-state index is -0.204. The van der Waals surface area contributed by atoms with Gasteiger partial charge in [-0.05, 0) is 35.9 Å². The SMILES string of the molecule is COc1ccc(Nc2cncc(C(=O)NCc3ccncc3)c2)c(OC)c1. The lowest BCUT2D eigenvalue weighted by molar-refractivity contribution is 0.0950. The smallest absolute Gasteiger partial charge is 0.253 e. The van der Waals surface area contributed by atoms with Gasteiger partial charge in [0.05, 0.1) is 37.4 Å². The highest BCUT2D eigenvalue weighted by atomic mass is 16.5. The maximum atomic E-state index is 12.4. The van der Waals surface area contributed by atoms with Crippen LogP contribution in [0, 0.1) is 0 Å². The third-order valence-corrected chi connectivity index (χ3v) is 3.89. The van der Waals surface area contributed by atoms with Crippen LogP contribution in [-0.4, -0.2) is 30.1 Å². The number of amides is 1. The molecule has 3 aromatic rings. The van der Waals surface area contributed by atoms with Crippen LogP contribution in [-0.2, 0) is 6.54 Å². The number of aromatic nitrogens is 2. The number of benzene rings is 1. The standard InChI is InChI=1S/C20H20N4O3/c1-26-17-3-4-18(19(10-17)27-2)24-16-9-15(12-22-13-16)20(25)23-11-14-5-7-21-8-6-14/h3-10,12-13,24H,11H2,1-2H3,(H,23,25). The summed E-state index contributed by atoms with van der Waals surface area (Å²) in [6.45, 7) is 0.422. The first-order valence-electron chi connectivity index (χ1n) is 8.31. The molecule has 2 N–H and O–H groups in total. The van der Waals surface area contributed by atoms with Crippen LogP contribution in [0.15, 0.2) is 61.2 Å². The number of hydrogen-bond acceptors (Lipinski definition) is 6. The maximum absolute atomic E-state index is 12.4. The van der Waals surface area contributed by atoms with Crippen molar-refractivity contribution in [3.05, 3.63) is 72.3 Å². The van der Waals surface area contributed by atoms with E-state index >= 15 is 0 Å². The summed E-state index contributed by atoms with van der Waals surface area (Å²) in [6, 6.07) is 10.9. The highest BCUT2D eigenvalue weighted by Crippen LogP contribution is 2.31. The molecular formula is C20H20N4O3. The molecule has 138 valence electrons. The van der Waals surface area contributed by atoms with E-state index in [0.29, 0.717) is 29.3 Å². The van der Waals surface area contributed by atoms with Crippen molar-refractivity contribution in [2.24, 2.45) is 0 Å². The molecule has 2 aromatic heterocycles. The van der Waals surface area contributed by atoms with E-state index < -0.39 is 0 Å². The van der Waals surface area contributed by atoms with Crippen molar-refractivity contribution in [2.75, 3.05) is 19.5 Å². The summed E-state index contributed by atoms with van der Waals surface area (Å²) in [6.07, 6.45) is 6.55. The van der Waals surface area contributed by atoms with Crippen LogP contribution in [0.2, 0.25) is 0 Å². The molecule has 0 atom stereocenters. The first kappa shape index (κ1) is 18.2. The third kappa shape index (κ3) is 4.72. The van der Waals surface area contributed by atoms with Gasteiger partial charge in [0.25, 0.3) is 5.91 Å². The molecule has 3 rings (SSSR count). The van der Waals surface area contributed by atoms with Crippen molar-refractivity contribution >= 4 is 17.3 Å². The van der Waals surface area contributed by atoms with Gasteiger partial charge in [0, 0.05) is 31.2 Å². The van der Waals surface area contributed by atoms with Crippen molar-refractivity contribution in [2.45, 2.75) is 6.54 Å². The summed E-state index contributed by atoms with van der Waals surface area (Å²) in [7, 11) is 3.18. The normalized spacial score (nSPS) is 10.1. The fraction of sp³-hybridized carbons (Fsp3) is 0.150. The lowest BCUT2D eigenvalue weighted by atomic mass is 10.2. The van der Waals surface area contributed by atoms with E-state index in [9.17, 15) is 4.79 Å². The van der Waals surface area contributed by atoms with E-state index in [0.717, 1.165) is 11.3 Å². The molecule has 0 bridgehead atoms. The molecule has 0 spiro atoms. The summed E-state index contributed by atoms with van der Waals surface area (Å²) < 4.78 is 10.6. The molecular weight excluding hydrogens is 344 g/mol. The lowest BCUT2D eigenvalue weighted by Crippen LogP contribution is -2.23. The predicted octanol–water partition coefficient (Wildman–Crippen LogP) is 3.17. The van der Waals surface area contributed by atoms with E-state index in [1.165, 1.54) is 6.20 Å². The minimum Gasteiger partial charge on any atom is -0.497 e. The van der Waals surface area contributed by atoms with E-state index in [4.69, 9.17) is 9.47 Å². The summed E-state index contributed by atoms with van der Waals surface area (Å²) in [5.41, 5.74) is 2.86. The monoisotopic (exact) mass is 364 g/mol. The molecule has 0 aliphatic rings. The molecule has 0 saturated heterocycles. The van der Waals surface area contributed by atoms with Crippen LogP contribution >= 0.6 is 0 Å². The average molecular weight is 364 g/mol. The summed E-state index contributed by atoms with van der Waals surface area (Å²) in [5, 5.41) is 6.08. The van der Waals surface area contributed by atoms with E-state index in [1.807, 2.05) is 24.3 Å². The molecule has 0 saturated carbocycles. The number of hydrogen-bond donors (Lipinski definition) is 2. The van der Waals surface area contributed by atoms with Gasteiger partial charge in [-0.3, -0.25) is 14.8 Å². The Morgan fingerprint density at radius 2 is 1.81 bits per heavy atom. The second-order valence-electron chi connectivity index (χ2n) is 5.69. The molecule has 0 radical (unpaired) electrons. The van der Waals surface area contributed by atoms with Crippen molar-refractivity contribution < 1.29 is 14.3 Å². The molecule has 7 heteroatoms. The van der Waals surface area contributed by atoms with E-state index in [-0.39, 0.29) is 5.91 Å². The van der Waals surface area contributed by atoms with Gasteiger partial charge in [-0.1, -0.05) is 0 Å². The first-order valence-corrected chi connectivity index (χ1v) is 8.31. The fourth-order valence-electron chi connectivity index (χ4n) is 2.47. The Bertz CT molecular complexity index is 916. The van der Waals surface area contributed by atoms with Crippen LogP contribution in [0.3, 0.4) is 0 Å². The Labute approximate surface area is 157 Å². The Balaban J connectivity index is 1.71. The number of nitrogens with zero attached hydrogens (tertiary/aromatic N) is 2. The molecule has 1 amide bonds. The highest BCUT2D eigenvalue weighted by Gasteiger charge is 2.09. The molecule has 0 aliphatic carbocycles. The van der Waals surface area contributed by atoms with Gasteiger partial charge in [0.1, 0.15) is 11.5 Å². The zero-order valence-electron chi connectivity index (χ0n) is 15.1. The van der Waals surface area contributed by atoms with Crippen molar-refractivity contribution in [3.8, 4) is 11.5 Å². The Hall–Kier alpha value is -3.61. The number of carbonyl (C=O) groups is 1. The zero-order valence-corrected chi connectivity index (χ0v) is 15.1. The van der Waals surface area contributed by atoms with Crippen LogP contribution < -0.4 is 20.1 Å². The Morgan fingerprint density at radius 1 is 1.00 bits per heavy atom. The summed E-state index contributed by atoms with van der Waals surface area (Å²) in [5.74, 6) is 1.12. The molecule has 7 nitrogen and oxygen atoms in total. The number of pyridine rings is 2. The van der Waals surface area contributed by atoms with Gasteiger partial charge in [0.15, 0.2) is 0 Å². The van der Waals surface area contributed by atoms with Gasteiger partial charge in [0.2, 0.25) is 0 Å². The predicted molar refractivity (Wildman–Crippen MR) is 102 cm³/mol. The summed E-state index contributed by atoms with van der Waals surface area (Å²) in [4.78, 5) is 20.5. The van der Waals surface area contributed by atoms with Crippen molar-refractivity contribution in [3.63, 3.8) is 0 Å². The first-order chi connectivity index (χ1) is 13.2. The maximum Gasteiger partial charge on any atom is 0.253 e. The molecule has 0 unspecified atom stereocenters. The lowest BCUT2D eigenvalue weighted by Gasteiger charge is -2.13. The number of rotatable bonds is 7. The molecule has 0 aliphatic heterocycles. The third-order valence-electron chi connectivity index (χ3n) is 3.89. The minimum absolute atomic E-state index is 0.204. The van der Waals surface area contributed by atoms with Crippen LogP contribution in [0.5, 0.6) is 11.5 Å². The molecule has 2 heterocycles. The van der Waals surface area contributed by atoms with Crippen LogP contribution in [0.25, 0.3) is 0 Å². The molecule has 27 heavy (non-hydrogen) atoms. The van der Waals surface area contributed by atoms with Gasteiger partial charge >= 0.3 is 0 Å². The zero-order chi connectivity index (χ0) is 19.1. The van der Waals surface area contributed by atoms with Gasteiger partial charge in [-0.2, -0.15) is 0 Å². The second-order valence-corrected chi connectivity index (χ2v) is 5.69. The number of anilines is 2.